The van der Waals surface area contributed by atoms with Crippen LogP contribution in [0, 0.1) is 5.92 Å². The Balaban J connectivity index is 1.39. The summed E-state index contributed by atoms with van der Waals surface area (Å²) in [6, 6.07) is 3.53. The van der Waals surface area contributed by atoms with E-state index in [0.29, 0.717) is 41.5 Å². The fraction of sp³-hybridized carbons (Fsp3) is 0.565. The monoisotopic (exact) mass is 440 g/mol. The number of aromatic amines is 1. The van der Waals surface area contributed by atoms with Crippen molar-refractivity contribution in [3.63, 3.8) is 0 Å². The number of aromatic nitrogens is 2. The standard InChI is InChI=1S/C23H28N4O3S/c28-21-16-10-12-26(23(30)19-9-5-13-31-19)14-17(16)24-20(25-21)18-8-4-11-27(18)22(29)15-6-2-1-3-7-15/h5,9,13,15,18H,1-4,6-8,10-12,14H2,(H,24,25,28)/t18-/m0/s1. The van der Waals surface area contributed by atoms with Gasteiger partial charge in [-0.15, -0.1) is 11.3 Å². The molecule has 3 aliphatic rings. The Morgan fingerprint density at radius 3 is 2.71 bits per heavy atom. The molecule has 1 aliphatic carbocycles. The first-order chi connectivity index (χ1) is 15.1. The van der Waals surface area contributed by atoms with Gasteiger partial charge in [-0.25, -0.2) is 4.98 Å². The van der Waals surface area contributed by atoms with Crippen LogP contribution in [-0.4, -0.2) is 44.7 Å². The highest BCUT2D eigenvalue weighted by molar-refractivity contribution is 7.12. The van der Waals surface area contributed by atoms with Crippen LogP contribution in [0.3, 0.4) is 0 Å². The molecular weight excluding hydrogens is 412 g/mol. The van der Waals surface area contributed by atoms with Crippen molar-refractivity contribution in [2.75, 3.05) is 13.1 Å². The molecule has 0 bridgehead atoms. The fourth-order valence-electron chi connectivity index (χ4n) is 5.24. The number of thiophene rings is 1. The largest absolute Gasteiger partial charge is 0.332 e. The predicted molar refractivity (Wildman–Crippen MR) is 118 cm³/mol. The molecule has 7 nitrogen and oxygen atoms in total. The van der Waals surface area contributed by atoms with Crippen molar-refractivity contribution >= 4 is 23.2 Å². The summed E-state index contributed by atoms with van der Waals surface area (Å²) in [4.78, 5) is 51.0. The van der Waals surface area contributed by atoms with Gasteiger partial charge < -0.3 is 14.8 Å². The third-order valence-electron chi connectivity index (χ3n) is 6.92. The van der Waals surface area contributed by atoms with E-state index in [-0.39, 0.29) is 29.3 Å². The van der Waals surface area contributed by atoms with Crippen molar-refractivity contribution in [3.8, 4) is 0 Å². The van der Waals surface area contributed by atoms with E-state index in [1.807, 2.05) is 22.4 Å². The first kappa shape index (κ1) is 20.4. The van der Waals surface area contributed by atoms with Gasteiger partial charge in [0.1, 0.15) is 5.82 Å². The van der Waals surface area contributed by atoms with Gasteiger partial charge in [-0.1, -0.05) is 25.3 Å². The minimum absolute atomic E-state index is 0.0146. The lowest BCUT2D eigenvalue weighted by Crippen LogP contribution is -2.41. The SMILES string of the molecule is O=C(c1cccs1)N1CCc2c(nc([C@@H]3CCCN3C(=O)C3CCCCC3)[nH]c2=O)C1. The van der Waals surface area contributed by atoms with Crippen molar-refractivity contribution in [3.05, 3.63) is 49.8 Å². The second kappa shape index (κ2) is 8.57. The molecule has 2 aromatic heterocycles. The van der Waals surface area contributed by atoms with Crippen LogP contribution >= 0.6 is 11.3 Å². The molecule has 164 valence electrons. The van der Waals surface area contributed by atoms with Crippen molar-refractivity contribution in [2.24, 2.45) is 5.92 Å². The van der Waals surface area contributed by atoms with Crippen molar-refractivity contribution in [1.82, 2.24) is 19.8 Å². The number of amides is 2. The molecule has 1 N–H and O–H groups in total. The van der Waals surface area contributed by atoms with Crippen LogP contribution in [0.15, 0.2) is 22.3 Å². The highest BCUT2D eigenvalue weighted by Crippen LogP contribution is 2.34. The van der Waals surface area contributed by atoms with Crippen molar-refractivity contribution < 1.29 is 9.59 Å². The molecule has 1 atom stereocenters. The molecule has 1 saturated carbocycles. The van der Waals surface area contributed by atoms with E-state index < -0.39 is 0 Å². The zero-order valence-electron chi connectivity index (χ0n) is 17.6. The number of nitrogens with zero attached hydrogens (tertiary/aromatic N) is 3. The second-order valence-electron chi connectivity index (χ2n) is 8.86. The number of hydrogen-bond acceptors (Lipinski definition) is 5. The lowest BCUT2D eigenvalue weighted by Gasteiger charge is -2.31. The van der Waals surface area contributed by atoms with Gasteiger partial charge in [0.25, 0.3) is 11.5 Å². The van der Waals surface area contributed by atoms with Crippen LogP contribution in [0.5, 0.6) is 0 Å². The molecule has 0 aromatic carbocycles. The van der Waals surface area contributed by atoms with Gasteiger partial charge in [-0.3, -0.25) is 14.4 Å². The molecule has 0 radical (unpaired) electrons. The summed E-state index contributed by atoms with van der Waals surface area (Å²) in [6.07, 6.45) is 7.64. The van der Waals surface area contributed by atoms with Crippen LogP contribution in [0.25, 0.3) is 0 Å². The van der Waals surface area contributed by atoms with Crippen LogP contribution in [0.4, 0.5) is 0 Å². The third kappa shape index (κ3) is 3.93. The maximum Gasteiger partial charge on any atom is 0.264 e. The molecule has 4 heterocycles. The number of likely N-dealkylation sites (tertiary alicyclic amines) is 1. The lowest BCUT2D eigenvalue weighted by atomic mass is 9.88. The van der Waals surface area contributed by atoms with E-state index in [1.165, 1.54) is 17.8 Å². The fourth-order valence-corrected chi connectivity index (χ4v) is 5.94. The van der Waals surface area contributed by atoms with Gasteiger partial charge in [0.2, 0.25) is 5.91 Å². The Kier molecular flexibility index (Phi) is 5.65. The maximum absolute atomic E-state index is 13.2. The molecular formula is C23H28N4O3S. The molecule has 2 aliphatic heterocycles. The molecule has 5 rings (SSSR count). The van der Waals surface area contributed by atoms with Crippen LogP contribution in [-0.2, 0) is 17.8 Å². The summed E-state index contributed by atoms with van der Waals surface area (Å²) >= 11 is 1.43. The predicted octanol–water partition coefficient (Wildman–Crippen LogP) is 3.27. The van der Waals surface area contributed by atoms with Gasteiger partial charge >= 0.3 is 0 Å². The molecule has 1 saturated heterocycles. The Hall–Kier alpha value is -2.48. The second-order valence-corrected chi connectivity index (χ2v) is 9.80. The summed E-state index contributed by atoms with van der Waals surface area (Å²) in [5.74, 6) is 0.893. The van der Waals surface area contributed by atoms with Gasteiger partial charge in [0.05, 0.1) is 23.2 Å². The number of carbonyl (C=O) groups is 2. The molecule has 0 unspecified atom stereocenters. The zero-order chi connectivity index (χ0) is 21.4. The highest BCUT2D eigenvalue weighted by atomic mass is 32.1. The number of rotatable bonds is 3. The molecule has 0 spiro atoms. The van der Waals surface area contributed by atoms with E-state index in [0.717, 1.165) is 45.1 Å². The Labute approximate surface area is 185 Å². The Morgan fingerprint density at radius 2 is 1.94 bits per heavy atom. The third-order valence-corrected chi connectivity index (χ3v) is 7.77. The minimum atomic E-state index is -0.171. The average Bonchev–Trinajstić information content (AvgIpc) is 3.50. The molecule has 31 heavy (non-hydrogen) atoms. The van der Waals surface area contributed by atoms with Gasteiger partial charge in [-0.05, 0) is 43.6 Å². The average molecular weight is 441 g/mol. The van der Waals surface area contributed by atoms with E-state index in [1.54, 1.807) is 4.90 Å². The summed E-state index contributed by atoms with van der Waals surface area (Å²) in [5.41, 5.74) is 1.22. The topological polar surface area (TPSA) is 86.4 Å². The summed E-state index contributed by atoms with van der Waals surface area (Å²) in [5, 5.41) is 1.89. The highest BCUT2D eigenvalue weighted by Gasteiger charge is 2.36. The molecule has 2 fully saturated rings. The first-order valence-electron chi connectivity index (χ1n) is 11.4. The Morgan fingerprint density at radius 1 is 1.10 bits per heavy atom. The van der Waals surface area contributed by atoms with Crippen LogP contribution in [0.1, 0.15) is 77.7 Å². The van der Waals surface area contributed by atoms with Gasteiger partial charge in [0, 0.05) is 24.6 Å². The smallest absolute Gasteiger partial charge is 0.264 e. The summed E-state index contributed by atoms with van der Waals surface area (Å²) < 4.78 is 0. The van der Waals surface area contributed by atoms with Gasteiger partial charge in [0.15, 0.2) is 0 Å². The minimum Gasteiger partial charge on any atom is -0.332 e. The number of carbonyl (C=O) groups excluding carboxylic acids is 2. The number of nitrogens with one attached hydrogen (secondary N) is 1. The van der Waals surface area contributed by atoms with Crippen LogP contribution in [0.2, 0.25) is 0 Å². The molecule has 2 aromatic rings. The van der Waals surface area contributed by atoms with E-state index in [4.69, 9.17) is 4.98 Å². The number of H-pyrrole nitrogens is 1. The number of fused-ring (bicyclic) bond motifs is 1. The normalized spacial score (nSPS) is 21.9. The van der Waals surface area contributed by atoms with Crippen LogP contribution < -0.4 is 5.56 Å². The van der Waals surface area contributed by atoms with E-state index in [9.17, 15) is 14.4 Å². The number of hydrogen-bond donors (Lipinski definition) is 1. The lowest BCUT2D eigenvalue weighted by molar-refractivity contribution is -0.137. The first-order valence-corrected chi connectivity index (χ1v) is 12.2. The molecule has 2 amide bonds. The maximum atomic E-state index is 13.2. The van der Waals surface area contributed by atoms with E-state index >= 15 is 0 Å². The molecule has 8 heteroatoms. The zero-order valence-corrected chi connectivity index (χ0v) is 18.5. The summed E-state index contributed by atoms with van der Waals surface area (Å²) in [7, 11) is 0. The van der Waals surface area contributed by atoms with Crippen molar-refractivity contribution in [1.29, 1.82) is 0 Å². The Bertz CT molecular complexity index is 1030. The van der Waals surface area contributed by atoms with E-state index in [2.05, 4.69) is 4.98 Å². The van der Waals surface area contributed by atoms with Gasteiger partial charge in [-0.2, -0.15) is 0 Å². The summed E-state index contributed by atoms with van der Waals surface area (Å²) in [6.45, 7) is 1.58. The quantitative estimate of drug-likeness (QED) is 0.794. The van der Waals surface area contributed by atoms with Crippen molar-refractivity contribution in [2.45, 2.75) is 64.0 Å².